The van der Waals surface area contributed by atoms with E-state index >= 15 is 0 Å². The van der Waals surface area contributed by atoms with Crippen LogP contribution in [0.25, 0.3) is 107 Å². The topological polar surface area (TPSA) is 36.3 Å². The average Bonchev–Trinajstić information content (AvgIpc) is 4.08. The normalized spacial score (nSPS) is 12.3. The number of nitrogens with zero attached hydrogens (tertiary/aromatic N) is 4. The highest BCUT2D eigenvalue weighted by Crippen LogP contribution is 2.58. The third kappa shape index (κ3) is 5.79. The lowest BCUT2D eigenvalue weighted by atomic mass is 9.87. The number of anilines is 3. The molecule has 0 atom stereocenters. The molecule has 324 valence electrons. The fourth-order valence-corrected chi connectivity index (χ4v) is 13.5. The van der Waals surface area contributed by atoms with Crippen molar-refractivity contribution in [3.63, 3.8) is 0 Å². The molecule has 0 fully saturated rings. The maximum atomic E-state index is 12.1. The number of benzene rings is 10. The van der Waals surface area contributed by atoms with E-state index in [1.54, 1.807) is 22.7 Å². The van der Waals surface area contributed by atoms with E-state index in [1.165, 1.54) is 30.9 Å². The van der Waals surface area contributed by atoms with Crippen LogP contribution in [0.1, 0.15) is 22.3 Å². The molecule has 0 radical (unpaired) electrons. The first kappa shape index (κ1) is 40.1. The summed E-state index contributed by atoms with van der Waals surface area (Å²) in [5, 5.41) is 19.0. The molecule has 0 spiro atoms. The molecular formula is C64H36N4S2. The zero-order valence-corrected chi connectivity index (χ0v) is 39.0. The highest BCUT2D eigenvalue weighted by Gasteiger charge is 2.36. The second kappa shape index (κ2) is 15.8. The SMILES string of the molecule is [C-]#[N+]c1c(-c2ccccc2)c(C#N)c(N2c3ccccc3C=C(c3ccccc3)c3ccccc32)c(-c2ccccc2)c1-n1c2c(ccc3c4ccccc4sc32)c2ccc3c4ccccc4sc3c21. The fraction of sp³-hybridized carbons (Fsp3) is 0. The van der Waals surface area contributed by atoms with Crippen LogP contribution in [0.5, 0.6) is 0 Å². The lowest BCUT2D eigenvalue weighted by Gasteiger charge is -2.33. The molecule has 0 amide bonds. The zero-order valence-electron chi connectivity index (χ0n) is 37.4. The van der Waals surface area contributed by atoms with Crippen LogP contribution in [0.2, 0.25) is 0 Å². The molecule has 1 aliphatic rings. The molecule has 0 saturated heterocycles. The Morgan fingerprint density at radius 1 is 0.443 bits per heavy atom. The molecule has 6 heteroatoms. The van der Waals surface area contributed by atoms with Crippen molar-refractivity contribution in [3.05, 3.63) is 246 Å². The molecule has 4 heterocycles. The van der Waals surface area contributed by atoms with Crippen molar-refractivity contribution in [2.45, 2.75) is 0 Å². The maximum absolute atomic E-state index is 12.1. The number of hydrogen-bond donors (Lipinski definition) is 0. The van der Waals surface area contributed by atoms with E-state index in [2.05, 4.69) is 202 Å². The van der Waals surface area contributed by atoms with Gasteiger partial charge in [-0.3, -0.25) is 0 Å². The number of thiophene rings is 2. The Hall–Kier alpha value is -9.04. The summed E-state index contributed by atoms with van der Waals surface area (Å²) in [5.74, 6) is 0. The van der Waals surface area contributed by atoms with Crippen molar-refractivity contribution in [2.24, 2.45) is 0 Å². The predicted molar refractivity (Wildman–Crippen MR) is 297 cm³/mol. The van der Waals surface area contributed by atoms with Gasteiger partial charge in [0.25, 0.3) is 0 Å². The van der Waals surface area contributed by atoms with Crippen molar-refractivity contribution in [2.75, 3.05) is 4.90 Å². The van der Waals surface area contributed by atoms with Crippen LogP contribution in [-0.4, -0.2) is 4.57 Å². The molecule has 14 rings (SSSR count). The van der Waals surface area contributed by atoms with Gasteiger partial charge >= 0.3 is 0 Å². The fourth-order valence-electron chi connectivity index (χ4n) is 11.1. The second-order valence-electron chi connectivity index (χ2n) is 17.7. The van der Waals surface area contributed by atoms with Gasteiger partial charge in [0.1, 0.15) is 6.07 Å². The second-order valence-corrected chi connectivity index (χ2v) is 19.8. The van der Waals surface area contributed by atoms with Crippen LogP contribution in [0.15, 0.2) is 212 Å². The number of nitriles is 1. The Kier molecular flexibility index (Phi) is 9.03. The third-order valence-corrected chi connectivity index (χ3v) is 16.4. The van der Waals surface area contributed by atoms with E-state index in [-0.39, 0.29) is 0 Å². The molecule has 0 saturated carbocycles. The highest BCUT2D eigenvalue weighted by atomic mass is 32.1. The molecule has 0 unspecified atom stereocenters. The highest BCUT2D eigenvalue weighted by molar-refractivity contribution is 7.27. The van der Waals surface area contributed by atoms with E-state index in [0.717, 1.165) is 87.2 Å². The van der Waals surface area contributed by atoms with Gasteiger partial charge in [-0.05, 0) is 58.2 Å². The van der Waals surface area contributed by atoms with Crippen LogP contribution in [-0.2, 0) is 0 Å². The minimum atomic E-state index is 0.417. The van der Waals surface area contributed by atoms with E-state index < -0.39 is 0 Å². The van der Waals surface area contributed by atoms with Crippen molar-refractivity contribution < 1.29 is 0 Å². The van der Waals surface area contributed by atoms with Gasteiger partial charge in [0, 0.05) is 58.4 Å². The summed E-state index contributed by atoms with van der Waals surface area (Å²) in [5.41, 5.74) is 13.5. The molecule has 13 aromatic rings. The number of fused-ring (bicyclic) bond motifs is 13. The van der Waals surface area contributed by atoms with Gasteiger partial charge in [-0.25, -0.2) is 4.85 Å². The number of rotatable bonds is 5. The molecule has 10 aromatic carbocycles. The third-order valence-electron chi connectivity index (χ3n) is 14.0. The number of para-hydroxylation sites is 2. The summed E-state index contributed by atoms with van der Waals surface area (Å²) in [6.07, 6.45) is 2.29. The Bertz CT molecular complexity index is 4300. The van der Waals surface area contributed by atoms with Gasteiger partial charge in [0.05, 0.1) is 55.3 Å². The van der Waals surface area contributed by atoms with Crippen molar-refractivity contribution >= 4 is 119 Å². The van der Waals surface area contributed by atoms with E-state index in [9.17, 15) is 11.8 Å². The Morgan fingerprint density at radius 3 is 1.51 bits per heavy atom. The summed E-state index contributed by atoms with van der Waals surface area (Å²) in [4.78, 5) is 6.98. The van der Waals surface area contributed by atoms with E-state index in [4.69, 9.17) is 0 Å². The first-order valence-corrected chi connectivity index (χ1v) is 24.9. The van der Waals surface area contributed by atoms with Crippen molar-refractivity contribution in [1.29, 1.82) is 5.26 Å². The van der Waals surface area contributed by atoms with Crippen LogP contribution in [0.4, 0.5) is 22.7 Å². The standard InChI is InChI=1S/C64H36N4S2/c1-66-58-56(40-21-7-3-8-22-40)51(38-65)59(67-52-29-15-11-25-42(52)37-50(39-19-5-2-6-20-39)43-26-12-16-30-53(43)67)57(41-23-9-4-10-24-41)62(58)68-60-46(33-35-48-44-27-13-17-31-54(44)69-63(48)60)47-34-36-49-45-28-14-18-32-55(45)70-64(49)61(47)68/h2-37H. The largest absolute Gasteiger partial charge is 0.316 e. The summed E-state index contributed by atoms with van der Waals surface area (Å²) < 4.78 is 7.14. The predicted octanol–water partition coefficient (Wildman–Crippen LogP) is 18.6. The number of hydrogen-bond acceptors (Lipinski definition) is 4. The Labute approximate surface area is 411 Å². The molecule has 1 aliphatic heterocycles. The summed E-state index contributed by atoms with van der Waals surface area (Å²) >= 11 is 3.60. The zero-order chi connectivity index (χ0) is 46.5. The van der Waals surface area contributed by atoms with Gasteiger partial charge in [0.15, 0.2) is 0 Å². The molecule has 0 bridgehead atoms. The first-order chi connectivity index (χ1) is 34.7. The molecule has 0 N–H and O–H groups in total. The molecular weight excluding hydrogens is 889 g/mol. The molecule has 0 aliphatic carbocycles. The van der Waals surface area contributed by atoms with Gasteiger partial charge in [-0.1, -0.05) is 188 Å². The van der Waals surface area contributed by atoms with Crippen LogP contribution in [0.3, 0.4) is 0 Å². The lowest BCUT2D eigenvalue weighted by molar-refractivity contribution is 1.18. The lowest BCUT2D eigenvalue weighted by Crippen LogP contribution is -2.17. The quantitative estimate of drug-likeness (QED) is 0.161. The minimum absolute atomic E-state index is 0.417. The van der Waals surface area contributed by atoms with Crippen LogP contribution >= 0.6 is 22.7 Å². The smallest absolute Gasteiger partial charge is 0.220 e. The maximum Gasteiger partial charge on any atom is 0.220 e. The monoisotopic (exact) mass is 924 g/mol. The van der Waals surface area contributed by atoms with E-state index in [0.29, 0.717) is 22.5 Å². The molecule has 3 aromatic heterocycles. The average molecular weight is 925 g/mol. The Morgan fingerprint density at radius 2 is 0.929 bits per heavy atom. The summed E-state index contributed by atoms with van der Waals surface area (Å²) in [6, 6.07) is 77.4. The minimum Gasteiger partial charge on any atom is -0.316 e. The van der Waals surface area contributed by atoms with Gasteiger partial charge in [-0.15, -0.1) is 22.7 Å². The van der Waals surface area contributed by atoms with Crippen LogP contribution < -0.4 is 4.90 Å². The van der Waals surface area contributed by atoms with Gasteiger partial charge in [0.2, 0.25) is 5.69 Å². The Balaban J connectivity index is 1.26. The summed E-state index contributed by atoms with van der Waals surface area (Å²) in [7, 11) is 0. The van der Waals surface area contributed by atoms with Crippen molar-refractivity contribution in [1.82, 2.24) is 4.57 Å². The van der Waals surface area contributed by atoms with Gasteiger partial charge < -0.3 is 9.47 Å². The van der Waals surface area contributed by atoms with Crippen LogP contribution in [0, 0.1) is 17.9 Å². The van der Waals surface area contributed by atoms with Gasteiger partial charge in [-0.2, -0.15) is 5.26 Å². The van der Waals surface area contributed by atoms with Crippen molar-refractivity contribution in [3.8, 4) is 34.0 Å². The molecule has 4 nitrogen and oxygen atoms in total. The first-order valence-electron chi connectivity index (χ1n) is 23.3. The summed E-state index contributed by atoms with van der Waals surface area (Å²) in [6.45, 7) is 9.52. The molecule has 70 heavy (non-hydrogen) atoms. The number of aromatic nitrogens is 1. The van der Waals surface area contributed by atoms with E-state index in [1.807, 2.05) is 36.4 Å².